The van der Waals surface area contributed by atoms with Crippen molar-refractivity contribution in [2.45, 2.75) is 43.0 Å². The molecule has 1 saturated heterocycles. The Morgan fingerprint density at radius 1 is 0.812 bits per heavy atom. The van der Waals surface area contributed by atoms with Crippen LogP contribution in [0.3, 0.4) is 0 Å². The van der Waals surface area contributed by atoms with Crippen molar-refractivity contribution in [3.8, 4) is 23.0 Å². The summed E-state index contributed by atoms with van der Waals surface area (Å²) in [6.07, 6.45) is -1.44. The Bertz CT molecular complexity index is 2500. The number of aliphatic hydroxyl groups is 2. The van der Waals surface area contributed by atoms with Crippen LogP contribution in [0.25, 0.3) is 11.2 Å². The van der Waals surface area contributed by atoms with E-state index in [1.807, 2.05) is 0 Å². The van der Waals surface area contributed by atoms with Gasteiger partial charge in [-0.05, 0) is 49.2 Å². The number of carbonyl (C=O) groups is 2. The fraction of sp³-hybridized carbons (Fsp3) is 0.390. The number of benzene rings is 3. The van der Waals surface area contributed by atoms with Crippen molar-refractivity contribution in [2.24, 2.45) is 0 Å². The maximum absolute atomic E-state index is 13.4. The number of carbonyl (C=O) groups excluding carboxylic acids is 2. The smallest absolute Gasteiger partial charge is 0.469 e. The van der Waals surface area contributed by atoms with Crippen molar-refractivity contribution >= 4 is 36.7 Å². The molecule has 2 aromatic heterocycles. The number of ether oxygens (including phenoxy) is 6. The zero-order valence-corrected chi connectivity index (χ0v) is 34.8. The van der Waals surface area contributed by atoms with Gasteiger partial charge >= 0.3 is 13.8 Å². The fourth-order valence-electron chi connectivity index (χ4n) is 7.68. The van der Waals surface area contributed by atoms with Crippen molar-refractivity contribution in [1.82, 2.24) is 24.8 Å². The number of hydrogen-bond donors (Lipinski definition) is 8. The molecule has 0 saturated carbocycles. The first kappa shape index (κ1) is 44.8. The molecule has 22 nitrogen and oxygen atoms in total. The zero-order chi connectivity index (χ0) is 45.0. The number of phenolic OH excluding ortho intramolecular Hbond substituents is 2. The van der Waals surface area contributed by atoms with E-state index < -0.39 is 50.5 Å². The van der Waals surface area contributed by atoms with Gasteiger partial charge in [-0.2, -0.15) is 0 Å². The summed E-state index contributed by atoms with van der Waals surface area (Å²) in [4.78, 5) is 57.1. The highest BCUT2D eigenvalue weighted by Gasteiger charge is 2.54. The number of imidazole rings is 1. The number of nitrogens with zero attached hydrogens (tertiary/aromatic N) is 4. The fourth-order valence-corrected chi connectivity index (χ4v) is 8.02. The molecule has 0 aliphatic carbocycles. The predicted molar refractivity (Wildman–Crippen MR) is 220 cm³/mol. The number of phenols is 2. The highest BCUT2D eigenvalue weighted by Crippen LogP contribution is 2.57. The molecule has 5 heterocycles. The minimum absolute atomic E-state index is 0.0496. The summed E-state index contributed by atoms with van der Waals surface area (Å²) in [5, 5.41) is 47.2. The topological polar surface area (TPSA) is 305 Å². The van der Waals surface area contributed by atoms with Crippen LogP contribution in [0.5, 0.6) is 23.0 Å². The van der Waals surface area contributed by atoms with Crippen LogP contribution in [0.15, 0.2) is 67.3 Å². The molecule has 0 bridgehead atoms. The predicted octanol–water partition coefficient (Wildman–Crippen LogP) is 2.21. The normalized spacial score (nSPS) is 19.5. The number of amides is 1. The number of phosphoric acid groups is 1. The molecule has 4 atom stereocenters. The van der Waals surface area contributed by atoms with E-state index in [-0.39, 0.29) is 40.0 Å². The zero-order valence-electron chi connectivity index (χ0n) is 33.9. The average Bonchev–Trinajstić information content (AvgIpc) is 3.91. The van der Waals surface area contributed by atoms with Gasteiger partial charge in [0.1, 0.15) is 47.6 Å². The van der Waals surface area contributed by atoms with Gasteiger partial charge < -0.3 is 69.3 Å². The van der Waals surface area contributed by atoms with Crippen LogP contribution < -0.4 is 15.4 Å². The van der Waals surface area contributed by atoms with Gasteiger partial charge in [0.25, 0.3) is 5.91 Å². The van der Waals surface area contributed by atoms with Gasteiger partial charge in [0.15, 0.2) is 28.8 Å². The lowest BCUT2D eigenvalue weighted by atomic mass is 9.77. The summed E-state index contributed by atoms with van der Waals surface area (Å²) in [6, 6.07) is 13.8. The molecule has 1 fully saturated rings. The Morgan fingerprint density at radius 2 is 1.45 bits per heavy atom. The second-order valence-corrected chi connectivity index (χ2v) is 16.1. The van der Waals surface area contributed by atoms with Gasteiger partial charge in [-0.25, -0.2) is 24.3 Å². The van der Waals surface area contributed by atoms with Gasteiger partial charge in [-0.1, -0.05) is 6.07 Å². The molecule has 1 spiro atoms. The van der Waals surface area contributed by atoms with Crippen LogP contribution in [-0.2, 0) is 38.4 Å². The van der Waals surface area contributed by atoms with Gasteiger partial charge in [0.05, 0.1) is 44.9 Å². The molecule has 340 valence electrons. The molecule has 23 heteroatoms. The van der Waals surface area contributed by atoms with E-state index in [9.17, 15) is 34.6 Å². The second-order valence-electron chi connectivity index (χ2n) is 14.9. The SMILES string of the molecule is O=C(NCCCOCCOCCOCCCNc1ncnc2c1ncn2[C@@H]1O[C@H](COP(=O)(O)O)[C@@H](O)[C@H]1O)c1ccc2c(c1)C(=O)OC21c2ccc(O)cc2Oc2cc(O)ccc21. The van der Waals surface area contributed by atoms with E-state index >= 15 is 0 Å². The number of fused-ring (bicyclic) bond motifs is 7. The molecule has 3 aliphatic heterocycles. The number of aromatic nitrogens is 4. The standard InChI is InChI=1S/C41H45N6O16P/c48-24-4-7-28-30(18-24)61-31-19-25(49)5-8-29(31)41(28)27-6-3-23(17-26(27)40(53)63-41)38(52)43-10-2-12-58-14-16-59-15-13-57-11-1-9-42-36-33-37(45-21-44-36)47(22-46-33)39-35(51)34(50)32(62-39)20-60-64(54,55)56/h3-8,17-19,21-22,32,34-35,39,48-51H,1-2,9-16,20H2,(H,43,52)(H,42,44,45)(H2,54,55,56)/t32-,34-,35-,39-/m1/s1. The maximum Gasteiger partial charge on any atom is 0.469 e. The second kappa shape index (κ2) is 19.1. The molecule has 3 aromatic carbocycles. The largest absolute Gasteiger partial charge is 0.508 e. The Kier molecular flexibility index (Phi) is 13.4. The number of aromatic hydroxyl groups is 2. The quantitative estimate of drug-likeness (QED) is 0.0315. The van der Waals surface area contributed by atoms with Crippen LogP contribution >= 0.6 is 7.82 Å². The Labute approximate surface area is 363 Å². The van der Waals surface area contributed by atoms with Crippen molar-refractivity contribution in [3.05, 3.63) is 95.1 Å². The number of esters is 1. The molecule has 0 radical (unpaired) electrons. The van der Waals surface area contributed by atoms with E-state index in [0.29, 0.717) is 99.2 Å². The van der Waals surface area contributed by atoms with Crippen LogP contribution in [-0.4, -0.2) is 139 Å². The molecular weight excluding hydrogens is 863 g/mol. The molecule has 64 heavy (non-hydrogen) atoms. The van der Waals surface area contributed by atoms with E-state index in [2.05, 4.69) is 30.1 Å². The third kappa shape index (κ3) is 9.38. The molecule has 1 amide bonds. The highest BCUT2D eigenvalue weighted by molar-refractivity contribution is 7.46. The molecule has 8 N–H and O–H groups in total. The lowest BCUT2D eigenvalue weighted by molar-refractivity contribution is -0.0504. The van der Waals surface area contributed by atoms with Crippen molar-refractivity contribution in [2.75, 3.05) is 64.7 Å². The first-order valence-corrected chi connectivity index (χ1v) is 21.7. The lowest BCUT2D eigenvalue weighted by Crippen LogP contribution is -2.33. The van der Waals surface area contributed by atoms with Gasteiger partial charge in [-0.15, -0.1) is 0 Å². The number of rotatable bonds is 20. The van der Waals surface area contributed by atoms with Crippen LogP contribution in [0.4, 0.5) is 5.82 Å². The van der Waals surface area contributed by atoms with Crippen molar-refractivity contribution < 1.29 is 77.3 Å². The monoisotopic (exact) mass is 908 g/mol. The van der Waals surface area contributed by atoms with E-state index in [0.717, 1.165) is 0 Å². The highest BCUT2D eigenvalue weighted by atomic mass is 31.2. The minimum Gasteiger partial charge on any atom is -0.508 e. The van der Waals surface area contributed by atoms with Gasteiger partial charge in [0.2, 0.25) is 0 Å². The summed E-state index contributed by atoms with van der Waals surface area (Å²) in [6.45, 7) is 2.44. The van der Waals surface area contributed by atoms with Crippen molar-refractivity contribution in [3.63, 3.8) is 0 Å². The molecular formula is C41H45N6O16P. The first-order chi connectivity index (χ1) is 30.8. The Morgan fingerprint density at radius 3 is 2.12 bits per heavy atom. The summed E-state index contributed by atoms with van der Waals surface area (Å²) >= 11 is 0. The van der Waals surface area contributed by atoms with Gasteiger partial charge in [0, 0.05) is 60.7 Å². The minimum atomic E-state index is -4.81. The maximum atomic E-state index is 13.4. The number of aliphatic hydroxyl groups excluding tert-OH is 2. The Balaban J connectivity index is 0.698. The third-order valence-electron chi connectivity index (χ3n) is 10.7. The van der Waals surface area contributed by atoms with E-state index in [4.69, 9.17) is 38.2 Å². The van der Waals surface area contributed by atoms with Gasteiger partial charge in [-0.3, -0.25) is 13.9 Å². The number of phosphoric ester groups is 1. The number of nitrogens with one attached hydrogen (secondary N) is 2. The van der Waals surface area contributed by atoms with Crippen molar-refractivity contribution in [1.29, 1.82) is 0 Å². The first-order valence-electron chi connectivity index (χ1n) is 20.2. The molecule has 8 rings (SSSR count). The molecule has 5 aromatic rings. The Hall–Kier alpha value is -5.78. The van der Waals surface area contributed by atoms with E-state index in [1.165, 1.54) is 47.6 Å². The van der Waals surface area contributed by atoms with Crippen LogP contribution in [0.2, 0.25) is 0 Å². The summed E-state index contributed by atoms with van der Waals surface area (Å²) in [7, 11) is -4.81. The summed E-state index contributed by atoms with van der Waals surface area (Å²) in [5.41, 5.74) is 1.22. The summed E-state index contributed by atoms with van der Waals surface area (Å²) < 4.78 is 51.4. The summed E-state index contributed by atoms with van der Waals surface area (Å²) in [5.74, 6) is -0.159. The average molecular weight is 909 g/mol. The van der Waals surface area contributed by atoms with E-state index in [1.54, 1.807) is 24.3 Å². The number of hydrogen-bond acceptors (Lipinski definition) is 18. The molecule has 0 unspecified atom stereocenters. The number of anilines is 1. The van der Waals surface area contributed by atoms with Crippen LogP contribution in [0.1, 0.15) is 56.5 Å². The molecule has 3 aliphatic rings. The lowest BCUT2D eigenvalue weighted by Gasteiger charge is -2.36. The van der Waals surface area contributed by atoms with Crippen LogP contribution in [0, 0.1) is 0 Å². The third-order valence-corrected chi connectivity index (χ3v) is 11.2.